The summed E-state index contributed by atoms with van der Waals surface area (Å²) in [5, 5.41) is 54.1. The summed E-state index contributed by atoms with van der Waals surface area (Å²) in [4.78, 5) is 0. The fraction of sp³-hybridized carbons (Fsp3) is 0.151. The Morgan fingerprint density at radius 2 is 0.792 bits per heavy atom. The Morgan fingerprint density at radius 3 is 1.36 bits per heavy atom. The highest BCUT2D eigenvalue weighted by atomic mass is 16.8. The third kappa shape index (κ3) is 5.82. The van der Waals surface area contributed by atoms with Crippen molar-refractivity contribution in [1.29, 1.82) is 0 Å². The van der Waals surface area contributed by atoms with Crippen molar-refractivity contribution in [2.45, 2.75) is 68.7 Å². The monoisotopic (exact) mass is 990 g/mol. The number of aliphatic hydroxyl groups is 2. The summed E-state index contributed by atoms with van der Waals surface area (Å²) in [6, 6.07) is 69.7. The number of ether oxygens (including phenoxy) is 2. The van der Waals surface area contributed by atoms with Gasteiger partial charge in [-0.2, -0.15) is 0 Å². The molecule has 0 radical (unpaired) electrons. The van der Waals surface area contributed by atoms with Crippen molar-refractivity contribution in [3.05, 3.63) is 233 Å². The molecule has 4 nitrogen and oxygen atoms in total. The molecule has 77 heavy (non-hydrogen) atoms. The largest absolute Gasteiger partial charge is 0.378 e. The van der Waals surface area contributed by atoms with Crippen molar-refractivity contribution < 1.29 is 19.7 Å². The second-order valence-corrected chi connectivity index (χ2v) is 22.7. The number of hydrogen-bond acceptors (Lipinski definition) is 4. The first-order valence-corrected chi connectivity index (χ1v) is 27.2. The molecule has 0 amide bonds. The molecule has 4 heteroatoms. The number of rotatable bonds is 6. The van der Waals surface area contributed by atoms with Crippen molar-refractivity contribution in [2.24, 2.45) is 0 Å². The summed E-state index contributed by atoms with van der Waals surface area (Å²) in [5.74, 6) is 5.85. The summed E-state index contributed by atoms with van der Waals surface area (Å²) >= 11 is 0. The molecular formula is C73H50O4. The lowest BCUT2D eigenvalue weighted by molar-refractivity contribution is -0.171. The Bertz CT molecular complexity index is 4840. The highest BCUT2D eigenvalue weighted by molar-refractivity contribution is 6.26. The van der Waals surface area contributed by atoms with Gasteiger partial charge in [0.05, 0.1) is 0 Å². The first-order chi connectivity index (χ1) is 37.7. The Kier molecular flexibility index (Phi) is 8.75. The molecular weight excluding hydrogens is 941 g/mol. The average Bonchev–Trinajstić information content (AvgIpc) is 3.83. The van der Waals surface area contributed by atoms with Crippen LogP contribution in [0.4, 0.5) is 0 Å². The van der Waals surface area contributed by atoms with Gasteiger partial charge < -0.3 is 19.7 Å². The normalized spacial score (nSPS) is 18.3. The molecule has 1 aliphatic heterocycles. The van der Waals surface area contributed by atoms with Crippen LogP contribution in [0, 0.1) is 11.8 Å². The summed E-state index contributed by atoms with van der Waals surface area (Å²) < 4.78 is 15.2. The van der Waals surface area contributed by atoms with E-state index in [-0.39, 0.29) is 0 Å². The van der Waals surface area contributed by atoms with Gasteiger partial charge in [0.2, 0.25) is 0 Å². The van der Waals surface area contributed by atoms with Gasteiger partial charge in [-0.05, 0) is 179 Å². The van der Waals surface area contributed by atoms with Gasteiger partial charge in [0.25, 0.3) is 0 Å². The van der Waals surface area contributed by atoms with Crippen LogP contribution >= 0.6 is 0 Å². The van der Waals surface area contributed by atoms with Crippen molar-refractivity contribution in [3.8, 4) is 11.8 Å². The van der Waals surface area contributed by atoms with E-state index in [0.29, 0.717) is 36.8 Å². The molecule has 1 saturated heterocycles. The number of hydrogen-bond donors (Lipinski definition) is 2. The molecule has 14 aromatic rings. The van der Waals surface area contributed by atoms with Gasteiger partial charge >= 0.3 is 0 Å². The van der Waals surface area contributed by atoms with Crippen molar-refractivity contribution in [1.82, 2.24) is 0 Å². The lowest BCUT2D eigenvalue weighted by Crippen LogP contribution is -2.56. The molecule has 2 N–H and O–H groups in total. The standard InChI is InChI=1S/C73H50O4/c1-71(2)76-69(72(74,58-38-31-50-24-20-43-12-6-15-46-27-34-54(58)66(50)62(43)46)57-37-30-49-23-19-42-11-5-10-41-9-3-4-18-53(57)65(49)61(41)42)70(77-71)73(75,59-39-32-51-25-21-44-13-7-16-47-28-35-55(59)67(51)63(44)47)60-40-33-52-26-22-45-14-8-17-48-29-36-56(60)68(52)64(45)48/h5-8,10-17,19-30,32-37,39-40,69-70,74-75H,9,18,31,38H2,1-2H3/t69-,70?,72?/m1/s1. The number of aryl methyl sites for hydroxylation is 1. The van der Waals surface area contributed by atoms with Gasteiger partial charge in [0.15, 0.2) is 5.79 Å². The molecule has 2 unspecified atom stereocenters. The summed E-state index contributed by atoms with van der Waals surface area (Å²) in [6.07, 6.45) is -0.0759. The van der Waals surface area contributed by atoms with Crippen molar-refractivity contribution in [2.75, 3.05) is 0 Å². The maximum Gasteiger partial charge on any atom is 0.164 e. The fourth-order valence-corrected chi connectivity index (χ4v) is 15.2. The van der Waals surface area contributed by atoms with Crippen LogP contribution < -0.4 is 5.22 Å². The van der Waals surface area contributed by atoms with Gasteiger partial charge in [-0.3, -0.25) is 0 Å². The Labute approximate surface area is 444 Å². The zero-order valence-electron chi connectivity index (χ0n) is 42.7. The molecule has 1 fully saturated rings. The van der Waals surface area contributed by atoms with E-state index in [0.717, 1.165) is 124 Å². The molecule has 0 aromatic heterocycles. The summed E-state index contributed by atoms with van der Waals surface area (Å²) in [7, 11) is 0. The molecule has 3 atom stereocenters. The SMILES string of the molecule is CC1(C)OC(C(O)(c2ccc3ccc4cccc5ccc2c3c45)c2ccc3ccc4cccc5ccc2c3c45)[C@H](C(O)(C2=c3ccc4cccc5ccc(c3c54)CC2)c2ccc3ccc4cccc5c4c3c2CC#CC5)O1. The molecule has 366 valence electrons. The fourth-order valence-electron chi connectivity index (χ4n) is 15.2. The minimum atomic E-state index is -1.96. The Hall–Kier alpha value is -8.40. The third-order valence-corrected chi connectivity index (χ3v) is 18.4. The Balaban J connectivity index is 1.03. The average molecular weight is 991 g/mol. The molecule has 2 aliphatic carbocycles. The quantitative estimate of drug-likeness (QED) is 0.129. The lowest BCUT2D eigenvalue weighted by atomic mass is 9.66. The van der Waals surface area contributed by atoms with E-state index in [1.54, 1.807) is 0 Å². The van der Waals surface area contributed by atoms with E-state index in [2.05, 4.69) is 206 Å². The first kappa shape index (κ1) is 43.8. The van der Waals surface area contributed by atoms with Crippen LogP contribution in [0.15, 0.2) is 194 Å². The molecule has 0 spiro atoms. The topological polar surface area (TPSA) is 58.9 Å². The van der Waals surface area contributed by atoms with Crippen LogP contribution in [0.1, 0.15) is 53.6 Å². The molecule has 1 heterocycles. The maximum absolute atomic E-state index is 15.5. The van der Waals surface area contributed by atoms with Crippen LogP contribution in [0.3, 0.4) is 0 Å². The zero-order chi connectivity index (χ0) is 51.1. The minimum Gasteiger partial charge on any atom is -0.378 e. The lowest BCUT2D eigenvalue weighted by Gasteiger charge is -2.45. The second kappa shape index (κ2) is 15.4. The highest BCUT2D eigenvalue weighted by Crippen LogP contribution is 2.56. The van der Waals surface area contributed by atoms with Gasteiger partial charge in [-0.15, -0.1) is 0 Å². The summed E-state index contributed by atoms with van der Waals surface area (Å²) in [5.41, 5.74) is 2.46. The smallest absolute Gasteiger partial charge is 0.164 e. The van der Waals surface area contributed by atoms with Crippen LogP contribution in [0.25, 0.3) is 113 Å². The van der Waals surface area contributed by atoms with E-state index in [4.69, 9.17) is 9.47 Å². The molecule has 3 aliphatic rings. The van der Waals surface area contributed by atoms with E-state index in [9.17, 15) is 0 Å². The Morgan fingerprint density at radius 1 is 0.377 bits per heavy atom. The van der Waals surface area contributed by atoms with Crippen LogP contribution in [0.5, 0.6) is 0 Å². The minimum absolute atomic E-state index is 0.417. The zero-order valence-corrected chi connectivity index (χ0v) is 42.7. The van der Waals surface area contributed by atoms with Gasteiger partial charge in [-0.25, -0.2) is 0 Å². The first-order valence-electron chi connectivity index (χ1n) is 27.2. The van der Waals surface area contributed by atoms with Crippen LogP contribution in [-0.2, 0) is 39.9 Å². The third-order valence-electron chi connectivity index (χ3n) is 18.4. The van der Waals surface area contributed by atoms with Crippen molar-refractivity contribution >= 4 is 113 Å². The maximum atomic E-state index is 15.5. The predicted molar refractivity (Wildman–Crippen MR) is 316 cm³/mol. The second-order valence-electron chi connectivity index (χ2n) is 22.7. The van der Waals surface area contributed by atoms with Crippen LogP contribution in [0.2, 0.25) is 0 Å². The molecule has 0 bridgehead atoms. The van der Waals surface area contributed by atoms with Crippen LogP contribution in [-0.4, -0.2) is 28.2 Å². The van der Waals surface area contributed by atoms with E-state index < -0.39 is 29.2 Å². The summed E-state index contributed by atoms with van der Waals surface area (Å²) in [6.45, 7) is 3.88. The van der Waals surface area contributed by atoms with Crippen molar-refractivity contribution in [3.63, 3.8) is 0 Å². The van der Waals surface area contributed by atoms with Gasteiger partial charge in [0.1, 0.15) is 23.4 Å². The van der Waals surface area contributed by atoms with E-state index in [1.165, 1.54) is 16.5 Å². The van der Waals surface area contributed by atoms with E-state index >= 15 is 10.2 Å². The number of benzene rings is 14. The molecule has 17 rings (SSSR count). The highest BCUT2D eigenvalue weighted by Gasteiger charge is 2.63. The predicted octanol–water partition coefficient (Wildman–Crippen LogP) is 15.4. The molecule has 0 saturated carbocycles. The van der Waals surface area contributed by atoms with Gasteiger partial charge in [-0.1, -0.05) is 206 Å². The molecule has 14 aromatic carbocycles. The van der Waals surface area contributed by atoms with Gasteiger partial charge in [0, 0.05) is 12.8 Å². The van der Waals surface area contributed by atoms with E-state index in [1.807, 2.05) is 13.8 Å².